The van der Waals surface area contributed by atoms with Crippen molar-refractivity contribution in [1.29, 1.82) is 0 Å². The molecule has 0 aliphatic carbocycles. The molecule has 0 atom stereocenters. The average Bonchev–Trinajstić information content (AvgIpc) is 2.88. The van der Waals surface area contributed by atoms with E-state index in [4.69, 9.17) is 4.74 Å². The minimum atomic E-state index is -0.502. The van der Waals surface area contributed by atoms with Gasteiger partial charge < -0.3 is 14.8 Å². The average molecular weight is 388 g/mol. The first-order chi connectivity index (χ1) is 11.5. The number of carbonyl (C=O) groups excluding carboxylic acids is 1. The maximum Gasteiger partial charge on any atom is 0.295 e. The lowest BCUT2D eigenvalue weighted by molar-refractivity contribution is 0.0995. The van der Waals surface area contributed by atoms with Gasteiger partial charge in [-0.3, -0.25) is 4.79 Å². The summed E-state index contributed by atoms with van der Waals surface area (Å²) < 4.78 is 5.85. The van der Waals surface area contributed by atoms with Crippen molar-refractivity contribution < 1.29 is 14.6 Å². The molecule has 7 heteroatoms. The number of fused-ring (bicyclic) bond motifs is 1. The zero-order valence-corrected chi connectivity index (χ0v) is 14.6. The van der Waals surface area contributed by atoms with E-state index in [2.05, 4.69) is 31.1 Å². The second-order valence-corrected chi connectivity index (χ2v) is 6.08. The molecular weight excluding hydrogens is 374 g/mol. The van der Waals surface area contributed by atoms with Gasteiger partial charge in [0.15, 0.2) is 5.69 Å². The Hall–Kier alpha value is -2.67. The number of hydrogen-bond donors (Lipinski definition) is 2. The van der Waals surface area contributed by atoms with Crippen molar-refractivity contribution in [3.8, 4) is 11.6 Å². The number of ether oxygens (including phenoxy) is 1. The minimum absolute atomic E-state index is 0.136. The van der Waals surface area contributed by atoms with Gasteiger partial charge in [-0.2, -0.15) is 0 Å². The van der Waals surface area contributed by atoms with Crippen molar-refractivity contribution in [2.24, 2.45) is 10.2 Å². The minimum Gasteiger partial charge on any atom is -0.497 e. The van der Waals surface area contributed by atoms with Gasteiger partial charge in [-0.05, 0) is 64.8 Å². The number of carbonyl (C=O) groups is 1. The predicted molar refractivity (Wildman–Crippen MR) is 94.2 cm³/mol. The molecule has 2 N–H and O–H groups in total. The van der Waals surface area contributed by atoms with Crippen molar-refractivity contribution in [1.82, 2.24) is 4.98 Å². The molecule has 1 amide bonds. The third-order valence-corrected chi connectivity index (χ3v) is 4.16. The molecule has 1 heterocycles. The molecule has 6 nitrogen and oxygen atoms in total. The van der Waals surface area contributed by atoms with Crippen molar-refractivity contribution in [3.63, 3.8) is 0 Å². The van der Waals surface area contributed by atoms with E-state index < -0.39 is 5.91 Å². The molecule has 0 aliphatic rings. The van der Waals surface area contributed by atoms with Gasteiger partial charge in [0.1, 0.15) is 5.75 Å². The summed E-state index contributed by atoms with van der Waals surface area (Å²) in [4.78, 5) is 14.9. The number of H-pyrrole nitrogens is 1. The van der Waals surface area contributed by atoms with E-state index in [9.17, 15) is 9.90 Å². The van der Waals surface area contributed by atoms with Gasteiger partial charge in [-0.1, -0.05) is 0 Å². The number of amides is 1. The molecule has 0 radical (unpaired) electrons. The summed E-state index contributed by atoms with van der Waals surface area (Å²) in [6.07, 6.45) is 0. The van der Waals surface area contributed by atoms with E-state index in [-0.39, 0.29) is 11.6 Å². The second-order valence-electron chi connectivity index (χ2n) is 5.23. The largest absolute Gasteiger partial charge is 0.497 e. The maximum atomic E-state index is 12.1. The number of aryl methyl sites for hydroxylation is 1. The normalized spacial score (nSPS) is 11.3. The van der Waals surface area contributed by atoms with Crippen LogP contribution in [0, 0.1) is 6.92 Å². The zero-order chi connectivity index (χ0) is 17.3. The summed E-state index contributed by atoms with van der Waals surface area (Å²) in [6, 6.07) is 10.3. The van der Waals surface area contributed by atoms with Crippen LogP contribution in [0.25, 0.3) is 10.9 Å². The Kier molecular flexibility index (Phi) is 4.35. The predicted octanol–water partition coefficient (Wildman–Crippen LogP) is 4.88. The Morgan fingerprint density at radius 1 is 1.25 bits per heavy atom. The lowest BCUT2D eigenvalue weighted by atomic mass is 10.1. The molecule has 0 aliphatic heterocycles. The van der Waals surface area contributed by atoms with E-state index in [1.54, 1.807) is 31.4 Å². The van der Waals surface area contributed by atoms with Crippen LogP contribution in [0.15, 0.2) is 51.1 Å². The first-order valence-electron chi connectivity index (χ1n) is 7.10. The van der Waals surface area contributed by atoms with E-state index >= 15 is 0 Å². The number of aromatic hydroxyl groups is 1. The van der Waals surface area contributed by atoms with Crippen molar-refractivity contribution in [2.75, 3.05) is 7.11 Å². The number of nitrogens with zero attached hydrogens (tertiary/aromatic N) is 2. The number of rotatable bonds is 3. The molecule has 24 heavy (non-hydrogen) atoms. The zero-order valence-electron chi connectivity index (χ0n) is 13.0. The van der Waals surface area contributed by atoms with Crippen LogP contribution in [0.4, 0.5) is 5.69 Å². The van der Waals surface area contributed by atoms with E-state index in [0.29, 0.717) is 22.2 Å². The number of aromatic nitrogens is 1. The fraction of sp³-hybridized carbons (Fsp3) is 0.118. The van der Waals surface area contributed by atoms with E-state index in [0.717, 1.165) is 10.0 Å². The number of halogens is 1. The molecule has 0 saturated heterocycles. The lowest BCUT2D eigenvalue weighted by Gasteiger charge is -1.99. The summed E-state index contributed by atoms with van der Waals surface area (Å²) in [5.41, 5.74) is 2.31. The van der Waals surface area contributed by atoms with E-state index in [1.807, 2.05) is 19.1 Å². The van der Waals surface area contributed by atoms with Crippen LogP contribution in [0.1, 0.15) is 15.9 Å². The van der Waals surface area contributed by atoms with Crippen molar-refractivity contribution >= 4 is 38.4 Å². The van der Waals surface area contributed by atoms with Crippen LogP contribution < -0.4 is 4.74 Å². The van der Waals surface area contributed by atoms with Crippen LogP contribution in [-0.2, 0) is 0 Å². The molecule has 1 aromatic heterocycles. The van der Waals surface area contributed by atoms with E-state index in [1.165, 1.54) is 0 Å². The van der Waals surface area contributed by atoms with Gasteiger partial charge >= 0.3 is 0 Å². The van der Waals surface area contributed by atoms with Gasteiger partial charge in [0.05, 0.1) is 12.6 Å². The highest BCUT2D eigenvalue weighted by Crippen LogP contribution is 2.39. The fourth-order valence-electron chi connectivity index (χ4n) is 2.35. The second kappa shape index (κ2) is 6.45. The van der Waals surface area contributed by atoms with Crippen LogP contribution >= 0.6 is 15.9 Å². The number of benzene rings is 2. The van der Waals surface area contributed by atoms with Crippen LogP contribution in [0.3, 0.4) is 0 Å². The number of azo groups is 1. The highest BCUT2D eigenvalue weighted by molar-refractivity contribution is 9.10. The Labute approximate surface area is 146 Å². The third kappa shape index (κ3) is 3.03. The summed E-state index contributed by atoms with van der Waals surface area (Å²) in [5, 5.41) is 18.4. The molecule has 3 rings (SSSR count). The SMILES string of the molecule is COc1ccc(C(=O)N=Nc2c(O)[nH]c3c(Br)cc(C)cc23)cc1. The Bertz CT molecular complexity index is 946. The van der Waals surface area contributed by atoms with Crippen LogP contribution in [0.2, 0.25) is 0 Å². The van der Waals surface area contributed by atoms with Crippen LogP contribution in [0.5, 0.6) is 11.6 Å². The first kappa shape index (κ1) is 16.2. The van der Waals surface area contributed by atoms with Gasteiger partial charge in [-0.15, -0.1) is 10.2 Å². The Morgan fingerprint density at radius 3 is 2.62 bits per heavy atom. The summed E-state index contributed by atoms with van der Waals surface area (Å²) in [6.45, 7) is 1.93. The molecule has 0 saturated carbocycles. The molecule has 0 bridgehead atoms. The lowest BCUT2D eigenvalue weighted by Crippen LogP contribution is -1.93. The Balaban J connectivity index is 1.95. The van der Waals surface area contributed by atoms with Crippen LogP contribution in [-0.4, -0.2) is 23.1 Å². The highest BCUT2D eigenvalue weighted by Gasteiger charge is 2.14. The number of aromatic amines is 1. The third-order valence-electron chi connectivity index (χ3n) is 3.54. The van der Waals surface area contributed by atoms with Gasteiger partial charge in [0.2, 0.25) is 5.88 Å². The van der Waals surface area contributed by atoms with Crippen molar-refractivity contribution in [3.05, 3.63) is 52.0 Å². The highest BCUT2D eigenvalue weighted by atomic mass is 79.9. The smallest absolute Gasteiger partial charge is 0.295 e. The summed E-state index contributed by atoms with van der Waals surface area (Å²) in [7, 11) is 1.55. The fourth-order valence-corrected chi connectivity index (χ4v) is 3.02. The summed E-state index contributed by atoms with van der Waals surface area (Å²) in [5.74, 6) is 0.0128. The molecule has 0 fully saturated rings. The molecule has 2 aromatic carbocycles. The number of hydrogen-bond acceptors (Lipinski definition) is 4. The van der Waals surface area contributed by atoms with Gasteiger partial charge in [0.25, 0.3) is 5.91 Å². The first-order valence-corrected chi connectivity index (χ1v) is 7.90. The van der Waals surface area contributed by atoms with Crippen molar-refractivity contribution in [2.45, 2.75) is 6.92 Å². The maximum absolute atomic E-state index is 12.1. The number of methoxy groups -OCH3 is 1. The molecule has 0 spiro atoms. The Morgan fingerprint density at radius 2 is 1.96 bits per heavy atom. The summed E-state index contributed by atoms with van der Waals surface area (Å²) >= 11 is 3.43. The van der Waals surface area contributed by atoms with Gasteiger partial charge in [-0.25, -0.2) is 0 Å². The molecule has 3 aromatic rings. The quantitative estimate of drug-likeness (QED) is 0.627. The molecule has 0 unspecified atom stereocenters. The monoisotopic (exact) mass is 387 g/mol. The standard InChI is InChI=1S/C17H14BrN3O3/c1-9-7-12-14(13(18)8-9)19-17(23)15(12)20-21-16(22)10-3-5-11(24-2)6-4-10/h3-8,19,23H,1-2H3. The molecule has 122 valence electrons. The van der Waals surface area contributed by atoms with Gasteiger partial charge in [0, 0.05) is 15.4 Å². The topological polar surface area (TPSA) is 87.0 Å². The number of nitrogens with one attached hydrogen (secondary N) is 1. The molecular formula is C17H14BrN3O3.